The fraction of sp³-hybridized carbons (Fsp3) is 0.250. The fourth-order valence-electron chi connectivity index (χ4n) is 0.913. The number of nitrogens with two attached hydrogens (primary N) is 1. The number of halogens is 3. The van der Waals surface area contributed by atoms with Crippen LogP contribution in [0.15, 0.2) is 12.1 Å². The molecular weight excluding hydrogens is 195 g/mol. The van der Waals surface area contributed by atoms with Crippen LogP contribution < -0.4 is 5.73 Å². The minimum atomic E-state index is -4.47. The van der Waals surface area contributed by atoms with Gasteiger partial charge in [0.25, 0.3) is 0 Å². The summed E-state index contributed by atoms with van der Waals surface area (Å²) in [5, 5.41) is 8.43. The molecule has 0 unspecified atom stereocenters. The van der Waals surface area contributed by atoms with Crippen LogP contribution in [0.3, 0.4) is 0 Å². The van der Waals surface area contributed by atoms with Crippen LogP contribution in [-0.4, -0.2) is 4.98 Å². The van der Waals surface area contributed by atoms with Crippen LogP contribution in [0, 0.1) is 11.3 Å². The molecule has 0 aliphatic carbocycles. The Labute approximate surface area is 78.0 Å². The summed E-state index contributed by atoms with van der Waals surface area (Å²) in [6, 6.07) is 3.08. The first-order valence-electron chi connectivity index (χ1n) is 3.65. The third kappa shape index (κ3) is 2.20. The van der Waals surface area contributed by atoms with Crippen LogP contribution in [0.2, 0.25) is 0 Å². The average molecular weight is 201 g/mol. The lowest BCUT2D eigenvalue weighted by Gasteiger charge is -2.07. The van der Waals surface area contributed by atoms with Gasteiger partial charge in [0.15, 0.2) is 0 Å². The van der Waals surface area contributed by atoms with Crippen molar-refractivity contribution in [1.82, 2.24) is 4.98 Å². The minimum absolute atomic E-state index is 0.0522. The Morgan fingerprint density at radius 2 is 2.07 bits per heavy atom. The van der Waals surface area contributed by atoms with E-state index in [1.807, 2.05) is 0 Å². The number of pyridine rings is 1. The number of nitrogens with zero attached hydrogens (tertiary/aromatic N) is 2. The molecule has 14 heavy (non-hydrogen) atoms. The van der Waals surface area contributed by atoms with E-state index in [4.69, 9.17) is 11.0 Å². The van der Waals surface area contributed by atoms with Crippen molar-refractivity contribution >= 4 is 0 Å². The number of nitriles is 1. The van der Waals surface area contributed by atoms with Gasteiger partial charge in [0.2, 0.25) is 0 Å². The first-order chi connectivity index (χ1) is 6.47. The molecule has 0 saturated heterocycles. The second-order valence-electron chi connectivity index (χ2n) is 2.55. The SMILES string of the molecule is N#Cc1cc(C(F)(F)F)cc(CN)n1. The van der Waals surface area contributed by atoms with E-state index in [0.29, 0.717) is 6.07 Å². The van der Waals surface area contributed by atoms with Gasteiger partial charge in [0.1, 0.15) is 11.8 Å². The summed E-state index contributed by atoms with van der Waals surface area (Å²) in [5.41, 5.74) is 4.02. The van der Waals surface area contributed by atoms with Gasteiger partial charge in [-0.2, -0.15) is 18.4 Å². The Bertz CT molecular complexity index is 378. The lowest BCUT2D eigenvalue weighted by molar-refractivity contribution is -0.137. The third-order valence-corrected chi connectivity index (χ3v) is 1.53. The summed E-state index contributed by atoms with van der Waals surface area (Å²) in [4.78, 5) is 3.60. The van der Waals surface area contributed by atoms with Gasteiger partial charge in [-0.1, -0.05) is 0 Å². The molecule has 74 valence electrons. The van der Waals surface area contributed by atoms with Crippen LogP contribution in [0.4, 0.5) is 13.2 Å². The summed E-state index contributed by atoms with van der Waals surface area (Å²) in [6.45, 7) is -0.126. The molecule has 0 bridgehead atoms. The highest BCUT2D eigenvalue weighted by molar-refractivity contribution is 5.30. The van der Waals surface area contributed by atoms with Crippen LogP contribution in [0.25, 0.3) is 0 Å². The second-order valence-corrected chi connectivity index (χ2v) is 2.55. The normalized spacial score (nSPS) is 11.1. The van der Waals surface area contributed by atoms with Crippen molar-refractivity contribution in [1.29, 1.82) is 5.26 Å². The van der Waals surface area contributed by atoms with E-state index in [1.54, 1.807) is 6.07 Å². The molecule has 0 fully saturated rings. The van der Waals surface area contributed by atoms with Gasteiger partial charge in [-0.05, 0) is 12.1 Å². The zero-order valence-electron chi connectivity index (χ0n) is 6.97. The molecule has 0 radical (unpaired) electrons. The van der Waals surface area contributed by atoms with Crippen molar-refractivity contribution in [3.63, 3.8) is 0 Å². The van der Waals surface area contributed by atoms with Crippen molar-refractivity contribution in [2.45, 2.75) is 12.7 Å². The Morgan fingerprint density at radius 1 is 1.43 bits per heavy atom. The molecule has 3 nitrogen and oxygen atoms in total. The van der Waals surface area contributed by atoms with Crippen LogP contribution >= 0.6 is 0 Å². The number of aromatic nitrogens is 1. The van der Waals surface area contributed by atoms with E-state index in [-0.39, 0.29) is 17.9 Å². The third-order valence-electron chi connectivity index (χ3n) is 1.53. The largest absolute Gasteiger partial charge is 0.416 e. The molecule has 1 rings (SSSR count). The molecule has 0 aliphatic heterocycles. The molecule has 0 aliphatic rings. The van der Waals surface area contributed by atoms with Gasteiger partial charge in [0.05, 0.1) is 11.3 Å². The van der Waals surface area contributed by atoms with E-state index in [9.17, 15) is 13.2 Å². The zero-order valence-corrected chi connectivity index (χ0v) is 6.97. The number of hydrogen-bond donors (Lipinski definition) is 1. The molecule has 0 amide bonds. The highest BCUT2D eigenvalue weighted by Gasteiger charge is 2.31. The van der Waals surface area contributed by atoms with Gasteiger partial charge in [-0.25, -0.2) is 4.98 Å². The molecule has 0 aromatic carbocycles. The highest BCUT2D eigenvalue weighted by Crippen LogP contribution is 2.29. The Balaban J connectivity index is 3.26. The summed E-state index contributed by atoms with van der Waals surface area (Å²) < 4.78 is 36.7. The fourth-order valence-corrected chi connectivity index (χ4v) is 0.913. The van der Waals surface area contributed by atoms with E-state index in [2.05, 4.69) is 4.98 Å². The van der Waals surface area contributed by atoms with Gasteiger partial charge in [0, 0.05) is 6.54 Å². The summed E-state index contributed by atoms with van der Waals surface area (Å²) in [6.07, 6.45) is -4.47. The van der Waals surface area contributed by atoms with Crippen LogP contribution in [-0.2, 0) is 12.7 Å². The van der Waals surface area contributed by atoms with Crippen molar-refractivity contribution in [3.8, 4) is 6.07 Å². The average Bonchev–Trinajstić information content (AvgIpc) is 2.15. The Kier molecular flexibility index (Phi) is 2.72. The lowest BCUT2D eigenvalue weighted by Crippen LogP contribution is -2.09. The number of rotatable bonds is 1. The minimum Gasteiger partial charge on any atom is -0.325 e. The van der Waals surface area contributed by atoms with Gasteiger partial charge in [-0.15, -0.1) is 0 Å². The standard InChI is InChI=1S/C8H6F3N3/c9-8(10,11)5-1-6(3-12)14-7(2-5)4-13/h1-2H,3,12H2. The van der Waals surface area contributed by atoms with Crippen molar-refractivity contribution in [2.75, 3.05) is 0 Å². The molecule has 2 N–H and O–H groups in total. The second kappa shape index (κ2) is 3.64. The van der Waals surface area contributed by atoms with E-state index < -0.39 is 11.7 Å². The Hall–Kier alpha value is -1.61. The molecule has 6 heteroatoms. The molecule has 1 heterocycles. The predicted molar refractivity (Wildman–Crippen MR) is 41.8 cm³/mol. The molecule has 1 aromatic heterocycles. The summed E-state index contributed by atoms with van der Waals surface area (Å²) >= 11 is 0. The number of hydrogen-bond acceptors (Lipinski definition) is 3. The quantitative estimate of drug-likeness (QED) is 0.747. The first-order valence-corrected chi connectivity index (χ1v) is 3.65. The van der Waals surface area contributed by atoms with Crippen molar-refractivity contribution in [3.05, 3.63) is 29.1 Å². The topological polar surface area (TPSA) is 62.7 Å². The lowest BCUT2D eigenvalue weighted by atomic mass is 10.2. The molecule has 0 atom stereocenters. The van der Waals surface area contributed by atoms with Gasteiger partial charge in [-0.3, -0.25) is 0 Å². The first kappa shape index (κ1) is 10.5. The Morgan fingerprint density at radius 3 is 2.50 bits per heavy atom. The van der Waals surface area contributed by atoms with Crippen molar-refractivity contribution < 1.29 is 13.2 Å². The maximum Gasteiger partial charge on any atom is 0.416 e. The van der Waals surface area contributed by atoms with Crippen LogP contribution in [0.5, 0.6) is 0 Å². The maximum absolute atomic E-state index is 12.2. The zero-order chi connectivity index (χ0) is 10.8. The molecule has 1 aromatic rings. The summed E-state index contributed by atoms with van der Waals surface area (Å²) in [7, 11) is 0. The maximum atomic E-state index is 12.2. The molecule has 0 spiro atoms. The van der Waals surface area contributed by atoms with Crippen LogP contribution in [0.1, 0.15) is 17.0 Å². The van der Waals surface area contributed by atoms with E-state index >= 15 is 0 Å². The van der Waals surface area contributed by atoms with Crippen molar-refractivity contribution in [2.24, 2.45) is 5.73 Å². The smallest absolute Gasteiger partial charge is 0.325 e. The molecular formula is C8H6F3N3. The molecule has 0 saturated carbocycles. The predicted octanol–water partition coefficient (Wildman–Crippen LogP) is 1.43. The van der Waals surface area contributed by atoms with Gasteiger partial charge < -0.3 is 5.73 Å². The van der Waals surface area contributed by atoms with E-state index in [0.717, 1.165) is 6.07 Å². The van der Waals surface area contributed by atoms with E-state index in [1.165, 1.54) is 0 Å². The highest BCUT2D eigenvalue weighted by atomic mass is 19.4. The summed E-state index contributed by atoms with van der Waals surface area (Å²) in [5.74, 6) is 0. The van der Waals surface area contributed by atoms with Gasteiger partial charge >= 0.3 is 6.18 Å². The monoisotopic (exact) mass is 201 g/mol. The number of alkyl halides is 3.